The number of ether oxygens (including phenoxy) is 1. The first-order valence-electron chi connectivity index (χ1n) is 6.14. The number of methoxy groups -OCH3 is 1. The standard InChI is InChI=1S/C14H13N3O3S/c1-20-12-3-2-9(8-15)6-10(12)11-7-13(19)16-14(21)17(11)4-5-18/h2-3,6-7,18H,4-5H2,1H3,(H,16,19,21). The van der Waals surface area contributed by atoms with E-state index in [2.05, 4.69) is 4.98 Å². The van der Waals surface area contributed by atoms with Crippen molar-refractivity contribution in [2.75, 3.05) is 13.7 Å². The lowest BCUT2D eigenvalue weighted by atomic mass is 10.1. The molecule has 0 atom stereocenters. The van der Waals surface area contributed by atoms with Crippen molar-refractivity contribution < 1.29 is 9.84 Å². The Balaban J connectivity index is 2.80. The van der Waals surface area contributed by atoms with Crippen LogP contribution in [0.3, 0.4) is 0 Å². The van der Waals surface area contributed by atoms with Crippen molar-refractivity contribution in [2.24, 2.45) is 0 Å². The van der Waals surface area contributed by atoms with Gasteiger partial charge >= 0.3 is 0 Å². The summed E-state index contributed by atoms with van der Waals surface area (Å²) < 4.78 is 7.08. The molecule has 0 amide bonds. The lowest BCUT2D eigenvalue weighted by molar-refractivity contribution is 0.275. The molecular formula is C14H13N3O3S. The Kier molecular flexibility index (Phi) is 4.52. The average molecular weight is 303 g/mol. The molecule has 6 nitrogen and oxygen atoms in total. The maximum Gasteiger partial charge on any atom is 0.252 e. The first-order valence-corrected chi connectivity index (χ1v) is 6.55. The van der Waals surface area contributed by atoms with Crippen LogP contribution in [0.2, 0.25) is 0 Å². The largest absolute Gasteiger partial charge is 0.496 e. The third-order valence-corrected chi connectivity index (χ3v) is 3.28. The first kappa shape index (κ1) is 15.0. The minimum atomic E-state index is -0.353. The second kappa shape index (κ2) is 6.35. The van der Waals surface area contributed by atoms with Gasteiger partial charge in [-0.3, -0.25) is 9.78 Å². The molecule has 0 fully saturated rings. The van der Waals surface area contributed by atoms with Crippen LogP contribution in [0.25, 0.3) is 11.3 Å². The summed E-state index contributed by atoms with van der Waals surface area (Å²) in [7, 11) is 1.50. The SMILES string of the molecule is COc1ccc(C#N)cc1-c1cc(=O)[nH]c(=S)n1CCO. The molecule has 0 saturated heterocycles. The zero-order chi connectivity index (χ0) is 15.4. The van der Waals surface area contributed by atoms with Crippen LogP contribution in [0.15, 0.2) is 29.1 Å². The van der Waals surface area contributed by atoms with E-state index < -0.39 is 0 Å². The minimum Gasteiger partial charge on any atom is -0.496 e. The number of hydrogen-bond acceptors (Lipinski definition) is 5. The van der Waals surface area contributed by atoms with Crippen LogP contribution in [0, 0.1) is 16.1 Å². The van der Waals surface area contributed by atoms with E-state index in [1.807, 2.05) is 6.07 Å². The molecule has 7 heteroatoms. The van der Waals surface area contributed by atoms with Crippen molar-refractivity contribution in [3.05, 3.63) is 45.0 Å². The summed E-state index contributed by atoms with van der Waals surface area (Å²) >= 11 is 5.12. The smallest absolute Gasteiger partial charge is 0.252 e. The fraction of sp³-hybridized carbons (Fsp3) is 0.214. The van der Waals surface area contributed by atoms with Crippen LogP contribution in [-0.4, -0.2) is 28.4 Å². The molecule has 2 aromatic rings. The van der Waals surface area contributed by atoms with Gasteiger partial charge in [-0.25, -0.2) is 0 Å². The quantitative estimate of drug-likeness (QED) is 0.834. The van der Waals surface area contributed by atoms with Crippen LogP contribution in [0.5, 0.6) is 5.75 Å². The zero-order valence-corrected chi connectivity index (χ0v) is 12.1. The lowest BCUT2D eigenvalue weighted by Gasteiger charge is -2.15. The third-order valence-electron chi connectivity index (χ3n) is 2.96. The Labute approximate surface area is 125 Å². The number of aromatic nitrogens is 2. The van der Waals surface area contributed by atoms with Gasteiger partial charge in [0.05, 0.1) is 31.0 Å². The molecule has 0 aliphatic heterocycles. The minimum absolute atomic E-state index is 0.131. The van der Waals surface area contributed by atoms with E-state index in [9.17, 15) is 4.79 Å². The van der Waals surface area contributed by atoms with Gasteiger partial charge in [0.15, 0.2) is 4.77 Å². The van der Waals surface area contributed by atoms with E-state index >= 15 is 0 Å². The number of aliphatic hydroxyl groups is 1. The Morgan fingerprint density at radius 2 is 2.24 bits per heavy atom. The molecule has 21 heavy (non-hydrogen) atoms. The molecule has 0 radical (unpaired) electrons. The second-order valence-electron chi connectivity index (χ2n) is 4.23. The van der Waals surface area contributed by atoms with Gasteiger partial charge in [-0.15, -0.1) is 0 Å². The molecule has 0 unspecified atom stereocenters. The average Bonchev–Trinajstić information content (AvgIpc) is 2.49. The number of H-pyrrole nitrogens is 1. The van der Waals surface area contributed by atoms with Gasteiger partial charge in [-0.1, -0.05) is 0 Å². The number of rotatable bonds is 4. The number of nitrogens with one attached hydrogen (secondary N) is 1. The Hall–Kier alpha value is -2.43. The molecule has 2 N–H and O–H groups in total. The number of nitriles is 1. The zero-order valence-electron chi connectivity index (χ0n) is 11.3. The number of aromatic amines is 1. The van der Waals surface area contributed by atoms with Crippen LogP contribution < -0.4 is 10.3 Å². The Morgan fingerprint density at radius 3 is 2.86 bits per heavy atom. The summed E-state index contributed by atoms with van der Waals surface area (Å²) in [6.45, 7) is 0.0957. The van der Waals surface area contributed by atoms with Gasteiger partial charge in [-0.2, -0.15) is 5.26 Å². The lowest BCUT2D eigenvalue weighted by Crippen LogP contribution is -2.16. The topological polar surface area (TPSA) is 91.0 Å². The van der Waals surface area contributed by atoms with Gasteiger partial charge in [0.25, 0.3) is 5.56 Å². The summed E-state index contributed by atoms with van der Waals surface area (Å²) in [6.07, 6.45) is 0. The summed E-state index contributed by atoms with van der Waals surface area (Å²) in [5, 5.41) is 18.2. The summed E-state index contributed by atoms with van der Waals surface area (Å²) in [5.41, 5.74) is 1.15. The normalized spacial score (nSPS) is 10.1. The van der Waals surface area contributed by atoms with Crippen molar-refractivity contribution in [3.63, 3.8) is 0 Å². The van der Waals surface area contributed by atoms with Crippen LogP contribution in [0.1, 0.15) is 5.56 Å². The molecule has 0 aliphatic rings. The molecule has 0 saturated carbocycles. The highest BCUT2D eigenvalue weighted by molar-refractivity contribution is 7.71. The van der Waals surface area contributed by atoms with E-state index in [0.717, 1.165) is 0 Å². The summed E-state index contributed by atoms with van der Waals surface area (Å²) in [4.78, 5) is 14.2. The van der Waals surface area contributed by atoms with Gasteiger partial charge < -0.3 is 14.4 Å². The molecule has 108 valence electrons. The maximum absolute atomic E-state index is 11.7. The highest BCUT2D eigenvalue weighted by Gasteiger charge is 2.12. The Bertz CT molecular complexity index is 817. The van der Waals surface area contributed by atoms with Gasteiger partial charge in [0.1, 0.15) is 5.75 Å². The molecule has 1 heterocycles. The Morgan fingerprint density at radius 1 is 1.48 bits per heavy atom. The van der Waals surface area contributed by atoms with Crippen LogP contribution in [-0.2, 0) is 6.54 Å². The number of hydrogen-bond donors (Lipinski definition) is 2. The summed E-state index contributed by atoms with van der Waals surface area (Å²) in [6, 6.07) is 8.31. The van der Waals surface area contributed by atoms with Crippen molar-refractivity contribution >= 4 is 12.2 Å². The fourth-order valence-electron chi connectivity index (χ4n) is 2.04. The van der Waals surface area contributed by atoms with Gasteiger partial charge in [0.2, 0.25) is 0 Å². The number of nitrogens with zero attached hydrogens (tertiary/aromatic N) is 2. The predicted octanol–water partition coefficient (Wildman–Crippen LogP) is 1.45. The van der Waals surface area contributed by atoms with Crippen LogP contribution in [0.4, 0.5) is 0 Å². The molecule has 0 spiro atoms. The van der Waals surface area contributed by atoms with Gasteiger partial charge in [0, 0.05) is 18.2 Å². The van der Waals surface area contributed by atoms with Crippen LogP contribution >= 0.6 is 12.2 Å². The van der Waals surface area contributed by atoms with E-state index in [-0.39, 0.29) is 23.5 Å². The van der Waals surface area contributed by atoms with Crippen molar-refractivity contribution in [1.82, 2.24) is 9.55 Å². The van der Waals surface area contributed by atoms with Gasteiger partial charge in [-0.05, 0) is 30.4 Å². The highest BCUT2D eigenvalue weighted by Crippen LogP contribution is 2.30. The van der Waals surface area contributed by atoms with Crippen molar-refractivity contribution in [2.45, 2.75) is 6.54 Å². The molecule has 2 rings (SSSR count). The predicted molar refractivity (Wildman–Crippen MR) is 79.7 cm³/mol. The molecule has 1 aromatic carbocycles. The number of benzene rings is 1. The number of aliphatic hydroxyl groups excluding tert-OH is 1. The maximum atomic E-state index is 11.7. The molecule has 0 bridgehead atoms. The van der Waals surface area contributed by atoms with E-state index in [1.165, 1.54) is 13.2 Å². The summed E-state index contributed by atoms with van der Waals surface area (Å²) in [5.74, 6) is 0.515. The monoisotopic (exact) mass is 303 g/mol. The molecular weight excluding hydrogens is 290 g/mol. The van der Waals surface area contributed by atoms with E-state index in [4.69, 9.17) is 27.3 Å². The van der Waals surface area contributed by atoms with Crippen molar-refractivity contribution in [3.8, 4) is 23.1 Å². The molecule has 1 aromatic heterocycles. The first-order chi connectivity index (χ1) is 10.1. The highest BCUT2D eigenvalue weighted by atomic mass is 32.1. The van der Waals surface area contributed by atoms with E-state index in [0.29, 0.717) is 22.6 Å². The fourth-order valence-corrected chi connectivity index (χ4v) is 2.33. The molecule has 0 aliphatic carbocycles. The van der Waals surface area contributed by atoms with Crippen molar-refractivity contribution in [1.29, 1.82) is 5.26 Å². The van der Waals surface area contributed by atoms with E-state index in [1.54, 1.807) is 22.8 Å². The second-order valence-corrected chi connectivity index (χ2v) is 4.61. The third kappa shape index (κ3) is 3.02.